The van der Waals surface area contributed by atoms with Crippen LogP contribution in [0.2, 0.25) is 0 Å². The van der Waals surface area contributed by atoms with Crippen LogP contribution < -0.4 is 11.1 Å². The highest BCUT2D eigenvalue weighted by Gasteiger charge is 2.10. The Bertz CT molecular complexity index is 483. The highest BCUT2D eigenvalue weighted by atomic mass is 32.1. The van der Waals surface area contributed by atoms with Crippen molar-refractivity contribution in [3.8, 4) is 11.8 Å². The fourth-order valence-corrected chi connectivity index (χ4v) is 2.50. The van der Waals surface area contributed by atoms with Crippen molar-refractivity contribution in [2.45, 2.75) is 13.3 Å². The molecular weight excluding hydrogens is 258 g/mol. The molecule has 0 saturated heterocycles. The van der Waals surface area contributed by atoms with Gasteiger partial charge in [-0.2, -0.15) is 0 Å². The zero-order chi connectivity index (χ0) is 14.3. The van der Waals surface area contributed by atoms with Crippen LogP contribution >= 0.6 is 11.3 Å². The van der Waals surface area contributed by atoms with E-state index in [1.807, 2.05) is 27.1 Å². The van der Waals surface area contributed by atoms with Crippen LogP contribution in [0, 0.1) is 18.8 Å². The van der Waals surface area contributed by atoms with Crippen LogP contribution in [-0.2, 0) is 0 Å². The lowest BCUT2D eigenvalue weighted by Gasteiger charge is -2.09. The van der Waals surface area contributed by atoms with Crippen molar-refractivity contribution in [3.05, 3.63) is 21.4 Å². The minimum Gasteiger partial charge on any atom is -0.351 e. The number of nitrogens with two attached hydrogens (primary N) is 1. The molecule has 104 valence electrons. The van der Waals surface area contributed by atoms with Crippen LogP contribution in [0.1, 0.15) is 26.5 Å². The number of nitrogens with zero attached hydrogens (tertiary/aromatic N) is 1. The van der Waals surface area contributed by atoms with Crippen LogP contribution in [-0.4, -0.2) is 44.5 Å². The Kier molecular flexibility index (Phi) is 6.57. The van der Waals surface area contributed by atoms with Crippen LogP contribution in [0.15, 0.2) is 6.07 Å². The molecule has 0 spiro atoms. The first-order valence-electron chi connectivity index (χ1n) is 6.27. The molecule has 0 aromatic carbocycles. The highest BCUT2D eigenvalue weighted by molar-refractivity contribution is 7.14. The number of carbonyl (C=O) groups excluding carboxylic acids is 1. The predicted molar refractivity (Wildman–Crippen MR) is 80.5 cm³/mol. The molecule has 3 N–H and O–H groups in total. The van der Waals surface area contributed by atoms with E-state index in [1.165, 1.54) is 11.3 Å². The van der Waals surface area contributed by atoms with Gasteiger partial charge < -0.3 is 16.0 Å². The summed E-state index contributed by atoms with van der Waals surface area (Å²) >= 11 is 1.42. The first-order valence-corrected chi connectivity index (χ1v) is 7.08. The zero-order valence-corrected chi connectivity index (χ0v) is 12.6. The van der Waals surface area contributed by atoms with Crippen molar-refractivity contribution in [1.29, 1.82) is 0 Å². The van der Waals surface area contributed by atoms with E-state index in [1.54, 1.807) is 0 Å². The van der Waals surface area contributed by atoms with E-state index in [2.05, 4.69) is 22.1 Å². The minimum atomic E-state index is -0.0207. The highest BCUT2D eigenvalue weighted by Crippen LogP contribution is 2.20. The quantitative estimate of drug-likeness (QED) is 0.625. The Hall–Kier alpha value is -1.35. The standard InChI is InChI=1S/C14H21N3OS/c1-11-10-13(19-12(11)6-4-7-15)14(18)16-8-5-9-17(2)3/h10H,5,7-9,15H2,1-3H3,(H,16,18). The molecule has 0 atom stereocenters. The summed E-state index contributed by atoms with van der Waals surface area (Å²) < 4.78 is 0. The number of rotatable bonds is 5. The van der Waals surface area contributed by atoms with E-state index in [0.29, 0.717) is 18.0 Å². The molecule has 19 heavy (non-hydrogen) atoms. The molecule has 0 bridgehead atoms. The van der Waals surface area contributed by atoms with Crippen molar-refractivity contribution >= 4 is 17.2 Å². The Morgan fingerprint density at radius 3 is 2.89 bits per heavy atom. The maximum atomic E-state index is 11.9. The maximum Gasteiger partial charge on any atom is 0.261 e. The summed E-state index contributed by atoms with van der Waals surface area (Å²) in [6.45, 7) is 3.96. The Labute approximate surface area is 119 Å². The topological polar surface area (TPSA) is 58.4 Å². The van der Waals surface area contributed by atoms with Crippen LogP contribution in [0.25, 0.3) is 0 Å². The molecule has 0 saturated carbocycles. The SMILES string of the molecule is Cc1cc(C(=O)NCCCN(C)C)sc1C#CCN. The van der Waals surface area contributed by atoms with Gasteiger partial charge in [0.2, 0.25) is 0 Å². The van der Waals surface area contributed by atoms with E-state index in [4.69, 9.17) is 5.73 Å². The van der Waals surface area contributed by atoms with Gasteiger partial charge in [-0.05, 0) is 45.6 Å². The largest absolute Gasteiger partial charge is 0.351 e. The molecule has 0 aliphatic rings. The summed E-state index contributed by atoms with van der Waals surface area (Å²) in [5.41, 5.74) is 6.38. The number of hydrogen-bond acceptors (Lipinski definition) is 4. The van der Waals surface area contributed by atoms with Gasteiger partial charge in [0.1, 0.15) is 0 Å². The lowest BCUT2D eigenvalue weighted by Crippen LogP contribution is -2.26. The fourth-order valence-electron chi connectivity index (χ4n) is 1.53. The van der Waals surface area contributed by atoms with E-state index in [0.717, 1.165) is 23.4 Å². The van der Waals surface area contributed by atoms with E-state index >= 15 is 0 Å². The van der Waals surface area contributed by atoms with Crippen molar-refractivity contribution in [3.63, 3.8) is 0 Å². The molecule has 1 amide bonds. The van der Waals surface area contributed by atoms with Gasteiger partial charge in [0, 0.05) is 6.54 Å². The van der Waals surface area contributed by atoms with Gasteiger partial charge >= 0.3 is 0 Å². The van der Waals surface area contributed by atoms with Gasteiger partial charge in [-0.15, -0.1) is 11.3 Å². The Morgan fingerprint density at radius 2 is 2.26 bits per heavy atom. The third kappa shape index (κ3) is 5.43. The molecule has 5 heteroatoms. The maximum absolute atomic E-state index is 11.9. The first-order chi connectivity index (χ1) is 9.04. The lowest BCUT2D eigenvalue weighted by atomic mass is 10.2. The van der Waals surface area contributed by atoms with Crippen LogP contribution in [0.3, 0.4) is 0 Å². The molecule has 0 aliphatic heterocycles. The molecule has 1 rings (SSSR count). The number of hydrogen-bond donors (Lipinski definition) is 2. The number of carbonyl (C=O) groups is 1. The number of aryl methyl sites for hydroxylation is 1. The minimum absolute atomic E-state index is 0.0207. The molecule has 1 aromatic rings. The second-order valence-corrected chi connectivity index (χ2v) is 5.59. The third-order valence-electron chi connectivity index (χ3n) is 2.51. The van der Waals surface area contributed by atoms with E-state index in [9.17, 15) is 4.79 Å². The van der Waals surface area contributed by atoms with Gasteiger partial charge in [0.05, 0.1) is 16.3 Å². The van der Waals surface area contributed by atoms with Crippen molar-refractivity contribution < 1.29 is 4.79 Å². The third-order valence-corrected chi connectivity index (χ3v) is 3.66. The van der Waals surface area contributed by atoms with Gasteiger partial charge in [-0.3, -0.25) is 4.79 Å². The smallest absolute Gasteiger partial charge is 0.261 e. The number of nitrogens with one attached hydrogen (secondary N) is 1. The molecular formula is C14H21N3OS. The van der Waals surface area contributed by atoms with Crippen LogP contribution in [0.5, 0.6) is 0 Å². The van der Waals surface area contributed by atoms with Gasteiger partial charge in [-0.25, -0.2) is 0 Å². The molecule has 0 radical (unpaired) electrons. The fraction of sp³-hybridized carbons (Fsp3) is 0.500. The lowest BCUT2D eigenvalue weighted by molar-refractivity contribution is 0.0956. The van der Waals surface area contributed by atoms with Crippen LogP contribution in [0.4, 0.5) is 0 Å². The van der Waals surface area contributed by atoms with Crippen molar-refractivity contribution in [1.82, 2.24) is 10.2 Å². The van der Waals surface area contributed by atoms with Gasteiger partial charge in [0.15, 0.2) is 0 Å². The molecule has 1 aromatic heterocycles. The summed E-state index contributed by atoms with van der Waals surface area (Å²) in [5.74, 6) is 5.78. The normalized spacial score (nSPS) is 10.2. The summed E-state index contributed by atoms with van der Waals surface area (Å²) in [6.07, 6.45) is 0.947. The van der Waals surface area contributed by atoms with Gasteiger partial charge in [0.25, 0.3) is 5.91 Å². The predicted octanol–water partition coefficient (Wildman–Crippen LogP) is 1.05. The average molecular weight is 279 g/mol. The monoisotopic (exact) mass is 279 g/mol. The number of thiophene rings is 1. The molecule has 0 unspecified atom stereocenters. The molecule has 0 aliphatic carbocycles. The zero-order valence-electron chi connectivity index (χ0n) is 11.7. The van der Waals surface area contributed by atoms with Crippen molar-refractivity contribution in [2.24, 2.45) is 5.73 Å². The molecule has 1 heterocycles. The second-order valence-electron chi connectivity index (χ2n) is 4.54. The van der Waals surface area contributed by atoms with E-state index in [-0.39, 0.29) is 5.91 Å². The number of amides is 1. The Balaban J connectivity index is 2.53. The average Bonchev–Trinajstić information content (AvgIpc) is 2.73. The van der Waals surface area contributed by atoms with Crippen molar-refractivity contribution in [2.75, 3.05) is 33.7 Å². The summed E-state index contributed by atoms with van der Waals surface area (Å²) in [4.78, 5) is 15.7. The second kappa shape index (κ2) is 7.95. The summed E-state index contributed by atoms with van der Waals surface area (Å²) in [7, 11) is 4.04. The van der Waals surface area contributed by atoms with E-state index < -0.39 is 0 Å². The molecule has 4 nitrogen and oxygen atoms in total. The Morgan fingerprint density at radius 1 is 1.53 bits per heavy atom. The summed E-state index contributed by atoms with van der Waals surface area (Å²) in [6, 6.07) is 1.88. The first kappa shape index (κ1) is 15.7. The van der Waals surface area contributed by atoms with Gasteiger partial charge in [-0.1, -0.05) is 11.8 Å². The summed E-state index contributed by atoms with van der Waals surface area (Å²) in [5, 5.41) is 2.92. The molecule has 0 fully saturated rings.